The average molecular weight is 301 g/mol. The van der Waals surface area contributed by atoms with E-state index in [2.05, 4.69) is 18.2 Å². The fraction of sp³-hybridized carbons (Fsp3) is 0.190. The second-order valence-corrected chi connectivity index (χ2v) is 6.08. The van der Waals surface area contributed by atoms with Gasteiger partial charge < -0.3 is 0 Å². The maximum atomic E-state index is 13.0. The van der Waals surface area contributed by atoms with Crippen LogP contribution < -0.4 is 4.90 Å². The normalized spacial score (nSPS) is 19.4. The zero-order chi connectivity index (χ0) is 15.6. The molecule has 0 saturated carbocycles. The second kappa shape index (κ2) is 5.88. The molecule has 4 rings (SSSR count). The minimum atomic E-state index is 0.160. The lowest BCUT2D eigenvalue weighted by Gasteiger charge is -2.20. The van der Waals surface area contributed by atoms with Gasteiger partial charge >= 0.3 is 0 Å². The Bertz CT molecular complexity index is 787. The van der Waals surface area contributed by atoms with E-state index in [-0.39, 0.29) is 5.91 Å². The van der Waals surface area contributed by atoms with Crippen molar-refractivity contribution in [2.75, 3.05) is 4.90 Å². The molecule has 1 amide bonds. The standard InChI is InChI=1S/C21H19NO/c23-21-19-14-8-7-13-18(19)20(15-16-9-3-1-4-10-16)22(21)17-11-5-2-6-12-17/h1-6,9-12,15H,7-8,13-14H2/b20-15-. The van der Waals surface area contributed by atoms with Gasteiger partial charge in [0.15, 0.2) is 0 Å². The maximum absolute atomic E-state index is 13.0. The van der Waals surface area contributed by atoms with E-state index in [1.54, 1.807) is 0 Å². The monoisotopic (exact) mass is 301 g/mol. The molecule has 2 nitrogen and oxygen atoms in total. The van der Waals surface area contributed by atoms with Crippen molar-refractivity contribution in [2.24, 2.45) is 0 Å². The van der Waals surface area contributed by atoms with Gasteiger partial charge in [0.05, 0.1) is 5.70 Å². The van der Waals surface area contributed by atoms with E-state index in [1.807, 2.05) is 53.4 Å². The molecule has 2 heteroatoms. The molecule has 114 valence electrons. The number of hydrogen-bond donors (Lipinski definition) is 0. The van der Waals surface area contributed by atoms with E-state index >= 15 is 0 Å². The summed E-state index contributed by atoms with van der Waals surface area (Å²) in [7, 11) is 0. The van der Waals surface area contributed by atoms with Gasteiger partial charge in [-0.1, -0.05) is 48.5 Å². The Morgan fingerprint density at radius 2 is 1.39 bits per heavy atom. The van der Waals surface area contributed by atoms with Crippen molar-refractivity contribution in [3.63, 3.8) is 0 Å². The molecule has 1 aliphatic carbocycles. The third kappa shape index (κ3) is 2.50. The Morgan fingerprint density at radius 3 is 2.09 bits per heavy atom. The third-order valence-electron chi connectivity index (χ3n) is 4.60. The Balaban J connectivity index is 1.85. The Kier molecular flexibility index (Phi) is 3.58. The van der Waals surface area contributed by atoms with Crippen molar-refractivity contribution in [1.82, 2.24) is 0 Å². The van der Waals surface area contributed by atoms with Crippen molar-refractivity contribution in [1.29, 1.82) is 0 Å². The molecular weight excluding hydrogens is 282 g/mol. The van der Waals surface area contributed by atoms with Crippen LogP contribution in [0.1, 0.15) is 31.2 Å². The fourth-order valence-electron chi connectivity index (χ4n) is 3.50. The lowest BCUT2D eigenvalue weighted by molar-refractivity contribution is -0.114. The summed E-state index contributed by atoms with van der Waals surface area (Å²) in [6.07, 6.45) is 6.35. The maximum Gasteiger partial charge on any atom is 0.259 e. The first-order valence-electron chi connectivity index (χ1n) is 8.23. The van der Waals surface area contributed by atoms with Gasteiger partial charge in [0, 0.05) is 11.3 Å². The minimum absolute atomic E-state index is 0.160. The van der Waals surface area contributed by atoms with Crippen LogP contribution >= 0.6 is 0 Å². The predicted octanol–water partition coefficient (Wildman–Crippen LogP) is 4.94. The molecule has 0 fully saturated rings. The van der Waals surface area contributed by atoms with Crippen LogP contribution in [-0.2, 0) is 4.79 Å². The van der Waals surface area contributed by atoms with E-state index in [9.17, 15) is 4.79 Å². The first-order valence-corrected chi connectivity index (χ1v) is 8.23. The Labute approximate surface area is 136 Å². The summed E-state index contributed by atoms with van der Waals surface area (Å²) in [6.45, 7) is 0. The molecule has 0 spiro atoms. The molecule has 0 saturated heterocycles. The molecule has 23 heavy (non-hydrogen) atoms. The highest BCUT2D eigenvalue weighted by atomic mass is 16.2. The van der Waals surface area contributed by atoms with Gasteiger partial charge in [-0.2, -0.15) is 0 Å². The molecule has 2 aromatic rings. The number of anilines is 1. The van der Waals surface area contributed by atoms with E-state index in [1.165, 1.54) is 12.0 Å². The SMILES string of the molecule is O=C1C2=C(CCCC2)/C(=C/c2ccccc2)N1c1ccccc1. The van der Waals surface area contributed by atoms with Crippen molar-refractivity contribution in [3.05, 3.63) is 83.1 Å². The molecule has 2 aromatic carbocycles. The van der Waals surface area contributed by atoms with Gasteiger partial charge in [-0.15, -0.1) is 0 Å². The highest BCUT2D eigenvalue weighted by molar-refractivity contribution is 6.14. The van der Waals surface area contributed by atoms with Crippen molar-refractivity contribution in [2.45, 2.75) is 25.7 Å². The average Bonchev–Trinajstić information content (AvgIpc) is 2.89. The quantitative estimate of drug-likeness (QED) is 0.769. The summed E-state index contributed by atoms with van der Waals surface area (Å²) < 4.78 is 0. The molecule has 0 unspecified atom stereocenters. The first kappa shape index (κ1) is 14.0. The van der Waals surface area contributed by atoms with Crippen LogP contribution in [0.15, 0.2) is 77.5 Å². The van der Waals surface area contributed by atoms with E-state index in [0.717, 1.165) is 41.8 Å². The summed E-state index contributed by atoms with van der Waals surface area (Å²) in [4.78, 5) is 14.9. The van der Waals surface area contributed by atoms with Crippen LogP contribution in [0.4, 0.5) is 5.69 Å². The minimum Gasteiger partial charge on any atom is -0.277 e. The summed E-state index contributed by atoms with van der Waals surface area (Å²) in [5.74, 6) is 0.160. The number of carbonyl (C=O) groups excluding carboxylic acids is 1. The highest BCUT2D eigenvalue weighted by Crippen LogP contribution is 2.41. The number of allylic oxidation sites excluding steroid dienone is 1. The highest BCUT2D eigenvalue weighted by Gasteiger charge is 2.36. The molecule has 1 aliphatic heterocycles. The van der Waals surface area contributed by atoms with Crippen molar-refractivity contribution >= 4 is 17.7 Å². The summed E-state index contributed by atoms with van der Waals surface area (Å²) >= 11 is 0. The van der Waals surface area contributed by atoms with Crippen LogP contribution in [0.25, 0.3) is 6.08 Å². The van der Waals surface area contributed by atoms with Crippen LogP contribution in [0.3, 0.4) is 0 Å². The van der Waals surface area contributed by atoms with Crippen molar-refractivity contribution < 1.29 is 4.79 Å². The van der Waals surface area contributed by atoms with E-state index in [0.29, 0.717) is 0 Å². The smallest absolute Gasteiger partial charge is 0.259 e. The topological polar surface area (TPSA) is 20.3 Å². The number of hydrogen-bond acceptors (Lipinski definition) is 1. The van der Waals surface area contributed by atoms with Gasteiger partial charge in [-0.25, -0.2) is 0 Å². The third-order valence-corrected chi connectivity index (χ3v) is 4.60. The van der Waals surface area contributed by atoms with E-state index in [4.69, 9.17) is 0 Å². The lowest BCUT2D eigenvalue weighted by Crippen LogP contribution is -2.25. The number of carbonyl (C=O) groups is 1. The van der Waals surface area contributed by atoms with Gasteiger partial charge in [0.1, 0.15) is 0 Å². The van der Waals surface area contributed by atoms with Crippen LogP contribution in [0.2, 0.25) is 0 Å². The number of nitrogens with zero attached hydrogens (tertiary/aromatic N) is 1. The molecule has 1 heterocycles. The van der Waals surface area contributed by atoms with Crippen LogP contribution in [-0.4, -0.2) is 5.91 Å². The Hall–Kier alpha value is -2.61. The molecule has 0 atom stereocenters. The summed E-state index contributed by atoms with van der Waals surface area (Å²) in [5, 5.41) is 0. The predicted molar refractivity (Wildman–Crippen MR) is 93.8 cm³/mol. The molecule has 2 aliphatic rings. The van der Waals surface area contributed by atoms with Crippen LogP contribution in [0, 0.1) is 0 Å². The van der Waals surface area contributed by atoms with Gasteiger partial charge in [-0.05, 0) is 55.0 Å². The molecular formula is C21H19NO. The fourth-order valence-corrected chi connectivity index (χ4v) is 3.50. The molecule has 0 radical (unpaired) electrons. The Morgan fingerprint density at radius 1 is 0.783 bits per heavy atom. The molecule has 0 aromatic heterocycles. The number of benzene rings is 2. The zero-order valence-electron chi connectivity index (χ0n) is 13.0. The molecule has 0 bridgehead atoms. The van der Waals surface area contributed by atoms with E-state index < -0.39 is 0 Å². The van der Waals surface area contributed by atoms with Gasteiger partial charge in [0.2, 0.25) is 0 Å². The summed E-state index contributed by atoms with van der Waals surface area (Å²) in [6, 6.07) is 20.2. The number of para-hydroxylation sites is 1. The second-order valence-electron chi connectivity index (χ2n) is 6.08. The number of amides is 1. The van der Waals surface area contributed by atoms with Gasteiger partial charge in [0.25, 0.3) is 5.91 Å². The first-order chi connectivity index (χ1) is 11.3. The zero-order valence-corrected chi connectivity index (χ0v) is 13.0. The lowest BCUT2D eigenvalue weighted by atomic mass is 9.92. The summed E-state index contributed by atoms with van der Waals surface area (Å²) in [5.41, 5.74) is 5.41. The molecule has 0 N–H and O–H groups in total. The van der Waals surface area contributed by atoms with Gasteiger partial charge in [-0.3, -0.25) is 9.69 Å². The number of rotatable bonds is 2. The van der Waals surface area contributed by atoms with Crippen molar-refractivity contribution in [3.8, 4) is 0 Å². The largest absolute Gasteiger partial charge is 0.277 e. The van der Waals surface area contributed by atoms with Crippen LogP contribution in [0.5, 0.6) is 0 Å².